The van der Waals surface area contributed by atoms with Crippen LogP contribution in [0.25, 0.3) is 5.69 Å². The van der Waals surface area contributed by atoms with Crippen LogP contribution in [-0.4, -0.2) is 20.9 Å². The van der Waals surface area contributed by atoms with Crippen LogP contribution in [-0.2, 0) is 4.79 Å². The van der Waals surface area contributed by atoms with Crippen molar-refractivity contribution in [1.82, 2.24) is 9.78 Å². The Morgan fingerprint density at radius 2 is 1.89 bits per heavy atom. The second kappa shape index (κ2) is 8.54. The van der Waals surface area contributed by atoms with Crippen LogP contribution in [0.4, 0.5) is 5.69 Å². The number of anilines is 1. The van der Waals surface area contributed by atoms with Crippen LogP contribution in [0.15, 0.2) is 75.0 Å². The van der Waals surface area contributed by atoms with E-state index in [1.807, 2.05) is 55.5 Å². The first-order valence-corrected chi connectivity index (χ1v) is 10.00. The molecule has 7 heteroatoms. The van der Waals surface area contributed by atoms with Gasteiger partial charge < -0.3 is 5.32 Å². The van der Waals surface area contributed by atoms with Gasteiger partial charge in [0.2, 0.25) is 5.91 Å². The van der Waals surface area contributed by atoms with E-state index in [4.69, 9.17) is 0 Å². The van der Waals surface area contributed by atoms with Gasteiger partial charge in [0.05, 0.1) is 10.9 Å². The third kappa shape index (κ3) is 5.08. The molecule has 1 N–H and O–H groups in total. The average molecular weight is 444 g/mol. The van der Waals surface area contributed by atoms with Gasteiger partial charge >= 0.3 is 0 Å². The maximum Gasteiger partial charge on any atom is 0.271 e. The lowest BCUT2D eigenvalue weighted by Gasteiger charge is -2.13. The highest BCUT2D eigenvalue weighted by Crippen LogP contribution is 2.23. The molecular formula is C20H18BrN3O2S. The number of rotatable bonds is 5. The summed E-state index contributed by atoms with van der Waals surface area (Å²) in [5.74, 6) is -0.131. The molecule has 1 heterocycles. The van der Waals surface area contributed by atoms with Crippen molar-refractivity contribution in [3.63, 3.8) is 0 Å². The first kappa shape index (κ1) is 19.4. The number of nitrogens with zero attached hydrogens (tertiary/aromatic N) is 2. The number of hydrogen-bond acceptors (Lipinski definition) is 4. The molecule has 0 spiro atoms. The third-order valence-corrected chi connectivity index (χ3v) is 5.33. The fraction of sp³-hybridized carbons (Fsp3) is 0.150. The van der Waals surface area contributed by atoms with Crippen molar-refractivity contribution in [2.45, 2.75) is 24.1 Å². The van der Waals surface area contributed by atoms with E-state index in [0.29, 0.717) is 10.7 Å². The molecule has 0 saturated heterocycles. The molecule has 0 aliphatic carbocycles. The minimum atomic E-state index is -0.375. The van der Waals surface area contributed by atoms with Crippen molar-refractivity contribution >= 4 is 39.3 Å². The Bertz CT molecular complexity index is 1020. The lowest BCUT2D eigenvalue weighted by atomic mass is 10.2. The smallest absolute Gasteiger partial charge is 0.271 e. The monoisotopic (exact) mass is 443 g/mol. The predicted octanol–water partition coefficient (Wildman–Crippen LogP) is 4.42. The maximum atomic E-state index is 12.4. The number of aryl methyl sites for hydroxylation is 1. The first-order chi connectivity index (χ1) is 12.9. The van der Waals surface area contributed by atoms with Crippen molar-refractivity contribution < 1.29 is 4.79 Å². The van der Waals surface area contributed by atoms with Crippen LogP contribution in [0, 0.1) is 6.92 Å². The quantitative estimate of drug-likeness (QED) is 0.592. The normalized spacial score (nSPS) is 11.8. The summed E-state index contributed by atoms with van der Waals surface area (Å²) in [5, 5.41) is 7.51. The van der Waals surface area contributed by atoms with Gasteiger partial charge in [0.15, 0.2) is 0 Å². The largest absolute Gasteiger partial charge is 0.325 e. The Hall–Kier alpha value is -2.38. The van der Waals surface area contributed by atoms with E-state index >= 15 is 0 Å². The summed E-state index contributed by atoms with van der Waals surface area (Å²) in [5.41, 5.74) is 2.31. The van der Waals surface area contributed by atoms with E-state index in [1.165, 1.54) is 22.5 Å². The number of aromatic nitrogens is 2. The number of carbonyl (C=O) groups is 1. The van der Waals surface area contributed by atoms with E-state index in [-0.39, 0.29) is 16.7 Å². The highest BCUT2D eigenvalue weighted by Gasteiger charge is 2.16. The summed E-state index contributed by atoms with van der Waals surface area (Å²) in [6.07, 6.45) is 0. The van der Waals surface area contributed by atoms with Crippen LogP contribution < -0.4 is 10.9 Å². The number of thioether (sulfide) groups is 1. The number of carbonyl (C=O) groups excluding carboxylic acids is 1. The zero-order chi connectivity index (χ0) is 19.4. The summed E-state index contributed by atoms with van der Waals surface area (Å²) in [4.78, 5) is 24.6. The van der Waals surface area contributed by atoms with Crippen molar-refractivity contribution in [1.29, 1.82) is 0 Å². The number of benzene rings is 2. The molecule has 3 aromatic rings. The fourth-order valence-electron chi connectivity index (χ4n) is 2.37. The average Bonchev–Trinajstić information content (AvgIpc) is 2.64. The summed E-state index contributed by atoms with van der Waals surface area (Å²) in [6.45, 7) is 3.79. The minimum Gasteiger partial charge on any atom is -0.325 e. The second-order valence-electron chi connectivity index (χ2n) is 6.02. The molecular weight excluding hydrogens is 426 g/mol. The second-order valence-corrected chi connectivity index (χ2v) is 8.29. The van der Waals surface area contributed by atoms with Gasteiger partial charge in [0, 0.05) is 16.2 Å². The molecule has 138 valence electrons. The third-order valence-electron chi connectivity index (χ3n) is 3.81. The van der Waals surface area contributed by atoms with Crippen LogP contribution in [0.3, 0.4) is 0 Å². The van der Waals surface area contributed by atoms with E-state index in [0.717, 1.165) is 15.7 Å². The van der Waals surface area contributed by atoms with Crippen molar-refractivity contribution in [3.8, 4) is 5.69 Å². The lowest BCUT2D eigenvalue weighted by molar-refractivity contribution is -0.115. The molecule has 0 bridgehead atoms. The van der Waals surface area contributed by atoms with E-state index in [9.17, 15) is 9.59 Å². The van der Waals surface area contributed by atoms with Gasteiger partial charge in [-0.05, 0) is 50.2 Å². The molecule has 0 fully saturated rings. The van der Waals surface area contributed by atoms with Crippen molar-refractivity contribution in [2.24, 2.45) is 0 Å². The summed E-state index contributed by atoms with van der Waals surface area (Å²) < 4.78 is 2.24. The Balaban J connectivity index is 1.75. The van der Waals surface area contributed by atoms with Crippen molar-refractivity contribution in [3.05, 3.63) is 81.1 Å². The van der Waals surface area contributed by atoms with Gasteiger partial charge in [0.1, 0.15) is 5.03 Å². The highest BCUT2D eigenvalue weighted by molar-refractivity contribution is 9.10. The van der Waals surface area contributed by atoms with Gasteiger partial charge in [-0.1, -0.05) is 51.5 Å². The van der Waals surface area contributed by atoms with Gasteiger partial charge in [-0.15, -0.1) is 0 Å². The molecule has 1 amide bonds. The van der Waals surface area contributed by atoms with Crippen molar-refractivity contribution in [2.75, 3.05) is 5.32 Å². The molecule has 1 aromatic heterocycles. The predicted molar refractivity (Wildman–Crippen MR) is 113 cm³/mol. The molecule has 5 nitrogen and oxygen atoms in total. The number of halogens is 1. The van der Waals surface area contributed by atoms with Crippen LogP contribution in [0.5, 0.6) is 0 Å². The molecule has 0 unspecified atom stereocenters. The zero-order valence-corrected chi connectivity index (χ0v) is 17.3. The number of nitrogens with one attached hydrogen (secondary N) is 1. The lowest BCUT2D eigenvalue weighted by Crippen LogP contribution is -2.24. The van der Waals surface area contributed by atoms with Crippen LogP contribution >= 0.6 is 27.7 Å². The van der Waals surface area contributed by atoms with Gasteiger partial charge in [0.25, 0.3) is 5.56 Å². The Morgan fingerprint density at radius 3 is 2.59 bits per heavy atom. The Morgan fingerprint density at radius 1 is 1.15 bits per heavy atom. The zero-order valence-electron chi connectivity index (χ0n) is 14.8. The first-order valence-electron chi connectivity index (χ1n) is 8.33. The standard InChI is InChI=1S/C20H18BrN3O2S/c1-13-6-8-17(9-7-13)24-19(25)11-10-18(23-24)27-14(2)20(26)22-16-5-3-4-15(21)12-16/h3-12,14H,1-2H3,(H,22,26)/t14-/m0/s1. The minimum absolute atomic E-state index is 0.131. The van der Waals surface area contributed by atoms with Gasteiger partial charge in [-0.2, -0.15) is 9.78 Å². The van der Waals surface area contributed by atoms with E-state index in [2.05, 4.69) is 26.3 Å². The Labute approximate surface area is 169 Å². The molecule has 0 saturated carbocycles. The summed E-state index contributed by atoms with van der Waals surface area (Å²) >= 11 is 4.69. The molecule has 1 atom stereocenters. The molecule has 0 aliphatic rings. The van der Waals surface area contributed by atoms with Gasteiger partial charge in [-0.3, -0.25) is 9.59 Å². The van der Waals surface area contributed by atoms with Crippen LogP contribution in [0.2, 0.25) is 0 Å². The van der Waals surface area contributed by atoms with Crippen LogP contribution in [0.1, 0.15) is 12.5 Å². The molecule has 27 heavy (non-hydrogen) atoms. The molecule has 2 aromatic carbocycles. The Kier molecular flexibility index (Phi) is 6.13. The number of amides is 1. The maximum absolute atomic E-state index is 12.4. The summed E-state index contributed by atoms with van der Waals surface area (Å²) in [6, 6.07) is 18.1. The topological polar surface area (TPSA) is 64.0 Å². The van der Waals surface area contributed by atoms with Gasteiger partial charge in [-0.25, -0.2) is 0 Å². The SMILES string of the molecule is Cc1ccc(-n2nc(S[C@@H](C)C(=O)Nc3cccc(Br)c3)ccc2=O)cc1. The highest BCUT2D eigenvalue weighted by atomic mass is 79.9. The number of hydrogen-bond donors (Lipinski definition) is 1. The van der Waals surface area contributed by atoms with E-state index in [1.54, 1.807) is 13.0 Å². The summed E-state index contributed by atoms with van der Waals surface area (Å²) in [7, 11) is 0. The van der Waals surface area contributed by atoms with E-state index < -0.39 is 0 Å². The molecule has 0 aliphatic heterocycles. The fourth-order valence-corrected chi connectivity index (χ4v) is 3.58. The molecule has 0 radical (unpaired) electrons. The molecule has 3 rings (SSSR count).